The minimum atomic E-state index is 0. The van der Waals surface area contributed by atoms with E-state index in [0.717, 1.165) is 36.8 Å². The Labute approximate surface area is 199 Å². The number of nitrogens with one attached hydrogen (secondary N) is 2. The molecule has 6 nitrogen and oxygen atoms in total. The van der Waals surface area contributed by atoms with Crippen LogP contribution >= 0.6 is 24.0 Å². The van der Waals surface area contributed by atoms with Gasteiger partial charge in [-0.3, -0.25) is 9.89 Å². The Morgan fingerprint density at radius 2 is 2.13 bits per heavy atom. The summed E-state index contributed by atoms with van der Waals surface area (Å²) in [6, 6.07) is 6.99. The summed E-state index contributed by atoms with van der Waals surface area (Å²) in [5.41, 5.74) is 2.35. The van der Waals surface area contributed by atoms with Crippen molar-refractivity contribution >= 4 is 29.9 Å². The van der Waals surface area contributed by atoms with Crippen molar-refractivity contribution in [3.8, 4) is 5.75 Å². The van der Waals surface area contributed by atoms with E-state index in [0.29, 0.717) is 25.1 Å². The summed E-state index contributed by atoms with van der Waals surface area (Å²) in [5, 5.41) is 6.98. The van der Waals surface area contributed by atoms with Crippen molar-refractivity contribution in [3.63, 3.8) is 0 Å². The Hall–Kier alpha value is -1.06. The molecule has 2 saturated heterocycles. The van der Waals surface area contributed by atoms with Crippen molar-refractivity contribution in [1.82, 2.24) is 15.5 Å². The fourth-order valence-electron chi connectivity index (χ4n) is 4.15. The van der Waals surface area contributed by atoms with E-state index < -0.39 is 0 Å². The molecule has 1 unspecified atom stereocenters. The molecule has 2 atom stereocenters. The van der Waals surface area contributed by atoms with Crippen LogP contribution in [0.1, 0.15) is 44.2 Å². The minimum Gasteiger partial charge on any atom is -0.488 e. The van der Waals surface area contributed by atoms with Gasteiger partial charge < -0.3 is 20.1 Å². The number of hydrogen-bond acceptors (Lipinski definition) is 4. The molecule has 2 fully saturated rings. The highest BCUT2D eigenvalue weighted by Gasteiger charge is 2.25. The maximum absolute atomic E-state index is 6.21. The zero-order valence-corrected chi connectivity index (χ0v) is 21.3. The molecule has 7 heteroatoms. The summed E-state index contributed by atoms with van der Waals surface area (Å²) in [6.07, 6.45) is 3.66. The molecule has 0 aromatic heterocycles. The van der Waals surface area contributed by atoms with E-state index in [1.165, 1.54) is 31.5 Å². The van der Waals surface area contributed by atoms with Crippen LogP contribution in [-0.4, -0.2) is 62.9 Å². The van der Waals surface area contributed by atoms with Crippen LogP contribution in [0.2, 0.25) is 0 Å². The molecule has 0 amide bonds. The van der Waals surface area contributed by atoms with Gasteiger partial charge in [-0.25, -0.2) is 0 Å². The van der Waals surface area contributed by atoms with Gasteiger partial charge >= 0.3 is 0 Å². The Kier molecular flexibility index (Phi) is 10.7. The lowest BCUT2D eigenvalue weighted by molar-refractivity contribution is 0.140. The van der Waals surface area contributed by atoms with Gasteiger partial charge in [-0.2, -0.15) is 0 Å². The standard InChI is InChI=1S/C23H38N4O2.HI/c1-17(2)15-27-10-5-6-20(27)14-26-23(24-4)25-13-19-8-7-18(3)12-22(19)29-21-9-11-28-16-21;/h7-8,12,17,20-21H,5-6,9-11,13-16H2,1-4H3,(H2,24,25,26);1H/t20-,21?;/m1./s1. The fraction of sp³-hybridized carbons (Fsp3) is 0.696. The molecule has 2 aliphatic heterocycles. The SMILES string of the molecule is CN=C(NCc1ccc(C)cc1OC1CCOC1)NC[C@H]1CCCN1CC(C)C.I. The number of aliphatic imine (C=N–C) groups is 1. The van der Waals surface area contributed by atoms with Gasteiger partial charge in [-0.1, -0.05) is 26.0 Å². The van der Waals surface area contributed by atoms with Crippen molar-refractivity contribution < 1.29 is 9.47 Å². The summed E-state index contributed by atoms with van der Waals surface area (Å²) in [6.45, 7) is 12.2. The second kappa shape index (κ2) is 12.7. The van der Waals surface area contributed by atoms with Gasteiger partial charge in [0, 0.05) is 44.7 Å². The first-order valence-corrected chi connectivity index (χ1v) is 11.1. The topological polar surface area (TPSA) is 58.1 Å². The largest absolute Gasteiger partial charge is 0.488 e. The lowest BCUT2D eigenvalue weighted by atomic mass is 10.1. The van der Waals surface area contributed by atoms with Crippen LogP contribution in [0.3, 0.4) is 0 Å². The van der Waals surface area contributed by atoms with Crippen LogP contribution in [0.4, 0.5) is 0 Å². The zero-order valence-electron chi connectivity index (χ0n) is 18.9. The highest BCUT2D eigenvalue weighted by Crippen LogP contribution is 2.24. The third-order valence-electron chi connectivity index (χ3n) is 5.68. The van der Waals surface area contributed by atoms with E-state index in [4.69, 9.17) is 9.47 Å². The van der Waals surface area contributed by atoms with Crippen molar-refractivity contribution in [2.75, 3.05) is 39.9 Å². The lowest BCUT2D eigenvalue weighted by Gasteiger charge is -2.27. The van der Waals surface area contributed by atoms with E-state index in [-0.39, 0.29) is 30.1 Å². The number of guanidine groups is 1. The molecule has 2 heterocycles. The highest BCUT2D eigenvalue weighted by molar-refractivity contribution is 14.0. The van der Waals surface area contributed by atoms with Gasteiger partial charge in [0.1, 0.15) is 11.9 Å². The van der Waals surface area contributed by atoms with Gasteiger partial charge in [0.15, 0.2) is 5.96 Å². The Bertz CT molecular complexity index is 677. The lowest BCUT2D eigenvalue weighted by Crippen LogP contribution is -2.45. The minimum absolute atomic E-state index is 0. The van der Waals surface area contributed by atoms with E-state index in [1.54, 1.807) is 0 Å². The van der Waals surface area contributed by atoms with Gasteiger partial charge in [0.05, 0.1) is 13.2 Å². The van der Waals surface area contributed by atoms with Crippen molar-refractivity contribution in [2.45, 2.75) is 58.7 Å². The summed E-state index contributed by atoms with van der Waals surface area (Å²) >= 11 is 0. The van der Waals surface area contributed by atoms with Crippen LogP contribution in [0.25, 0.3) is 0 Å². The van der Waals surface area contributed by atoms with E-state index >= 15 is 0 Å². The number of benzene rings is 1. The summed E-state index contributed by atoms with van der Waals surface area (Å²) in [7, 11) is 1.83. The molecule has 0 radical (unpaired) electrons. The smallest absolute Gasteiger partial charge is 0.191 e. The van der Waals surface area contributed by atoms with Crippen LogP contribution in [0.15, 0.2) is 23.2 Å². The first-order chi connectivity index (χ1) is 14.0. The molecule has 2 aliphatic rings. The number of ether oxygens (including phenoxy) is 2. The van der Waals surface area contributed by atoms with Gasteiger partial charge in [0.25, 0.3) is 0 Å². The predicted molar refractivity (Wildman–Crippen MR) is 134 cm³/mol. The zero-order chi connectivity index (χ0) is 20.6. The maximum Gasteiger partial charge on any atom is 0.191 e. The molecule has 0 bridgehead atoms. The van der Waals surface area contributed by atoms with Crippen LogP contribution in [0, 0.1) is 12.8 Å². The number of aryl methyl sites for hydroxylation is 1. The summed E-state index contributed by atoms with van der Waals surface area (Å²) in [5.74, 6) is 2.50. The number of hydrogen-bond donors (Lipinski definition) is 2. The number of likely N-dealkylation sites (tertiary alicyclic amines) is 1. The third-order valence-corrected chi connectivity index (χ3v) is 5.68. The molecular formula is C23H39IN4O2. The van der Waals surface area contributed by atoms with Crippen molar-refractivity contribution in [1.29, 1.82) is 0 Å². The summed E-state index contributed by atoms with van der Waals surface area (Å²) in [4.78, 5) is 7.03. The van der Waals surface area contributed by atoms with E-state index in [1.807, 2.05) is 7.05 Å². The first-order valence-electron chi connectivity index (χ1n) is 11.1. The molecule has 0 aliphatic carbocycles. The van der Waals surface area contributed by atoms with Gasteiger partial charge in [-0.05, 0) is 43.9 Å². The molecule has 1 aromatic rings. The average molecular weight is 530 g/mol. The van der Waals surface area contributed by atoms with Crippen molar-refractivity contribution in [2.24, 2.45) is 10.9 Å². The molecule has 0 saturated carbocycles. The Morgan fingerprint density at radius 3 is 2.83 bits per heavy atom. The summed E-state index contributed by atoms with van der Waals surface area (Å²) < 4.78 is 11.7. The van der Waals surface area contributed by atoms with E-state index in [2.05, 4.69) is 59.5 Å². The van der Waals surface area contributed by atoms with Crippen LogP contribution < -0.4 is 15.4 Å². The molecular weight excluding hydrogens is 491 g/mol. The fourth-order valence-corrected chi connectivity index (χ4v) is 4.15. The molecule has 3 rings (SSSR count). The number of nitrogens with zero attached hydrogens (tertiary/aromatic N) is 2. The first kappa shape index (κ1) is 25.2. The molecule has 1 aromatic carbocycles. The average Bonchev–Trinajstić information content (AvgIpc) is 3.35. The number of rotatable bonds is 8. The second-order valence-corrected chi connectivity index (χ2v) is 8.71. The predicted octanol–water partition coefficient (Wildman–Crippen LogP) is 3.57. The molecule has 170 valence electrons. The quantitative estimate of drug-likeness (QED) is 0.306. The van der Waals surface area contributed by atoms with Gasteiger partial charge in [0.2, 0.25) is 0 Å². The Balaban J connectivity index is 0.00000320. The van der Waals surface area contributed by atoms with Crippen molar-refractivity contribution in [3.05, 3.63) is 29.3 Å². The molecule has 0 spiro atoms. The van der Waals surface area contributed by atoms with Crippen LogP contribution in [-0.2, 0) is 11.3 Å². The number of halogens is 1. The van der Waals surface area contributed by atoms with Crippen LogP contribution in [0.5, 0.6) is 5.75 Å². The highest BCUT2D eigenvalue weighted by atomic mass is 127. The second-order valence-electron chi connectivity index (χ2n) is 8.71. The van der Waals surface area contributed by atoms with Gasteiger partial charge in [-0.15, -0.1) is 24.0 Å². The maximum atomic E-state index is 6.21. The third kappa shape index (κ3) is 7.57. The monoisotopic (exact) mass is 530 g/mol. The normalized spacial score (nSPS) is 22.2. The molecule has 2 N–H and O–H groups in total. The van der Waals surface area contributed by atoms with E-state index in [9.17, 15) is 0 Å². The Morgan fingerprint density at radius 1 is 1.30 bits per heavy atom. The molecule has 30 heavy (non-hydrogen) atoms.